The average Bonchev–Trinajstić information content (AvgIpc) is 2.72. The van der Waals surface area contributed by atoms with Gasteiger partial charge in [-0.2, -0.15) is 0 Å². The monoisotopic (exact) mass is 445 g/mol. The number of nitrogens with zero attached hydrogens (tertiary/aromatic N) is 2. The van der Waals surface area contributed by atoms with Crippen molar-refractivity contribution in [2.24, 2.45) is 0 Å². The summed E-state index contributed by atoms with van der Waals surface area (Å²) < 4.78 is 31.4. The summed E-state index contributed by atoms with van der Waals surface area (Å²) in [4.78, 5) is 15.2. The molecule has 1 fully saturated rings. The molecular formula is C23H31N3O4S. The standard InChI is InChI=1S/C23H31N3O4S/c1-18-6-4-9-22(14-18)26(31(3,28)29)19(2)23(27)24-16-20-7-5-8-21(15-20)17-25-10-12-30-13-11-25/h4-9,14-15,19H,10-13,16-17H2,1-3H3,(H,24,27). The molecule has 1 amide bonds. The number of carbonyl (C=O) groups is 1. The van der Waals surface area contributed by atoms with Crippen molar-refractivity contribution in [2.75, 3.05) is 36.9 Å². The number of rotatable bonds is 8. The molecule has 8 heteroatoms. The third-order valence-electron chi connectivity index (χ3n) is 5.31. The number of benzene rings is 2. The summed E-state index contributed by atoms with van der Waals surface area (Å²) in [5, 5.41) is 2.89. The van der Waals surface area contributed by atoms with Gasteiger partial charge in [0.25, 0.3) is 0 Å². The molecule has 2 aromatic carbocycles. The van der Waals surface area contributed by atoms with Crippen LogP contribution in [-0.4, -0.2) is 57.8 Å². The van der Waals surface area contributed by atoms with Crippen LogP contribution in [0, 0.1) is 6.92 Å². The molecule has 1 heterocycles. The number of hydrogen-bond acceptors (Lipinski definition) is 5. The Labute approximate surface area is 185 Å². The zero-order valence-corrected chi connectivity index (χ0v) is 19.2. The van der Waals surface area contributed by atoms with Gasteiger partial charge in [0.15, 0.2) is 0 Å². The van der Waals surface area contributed by atoms with E-state index < -0.39 is 16.1 Å². The van der Waals surface area contributed by atoms with Crippen LogP contribution in [0.4, 0.5) is 5.69 Å². The highest BCUT2D eigenvalue weighted by Crippen LogP contribution is 2.22. The quantitative estimate of drug-likeness (QED) is 0.675. The Morgan fingerprint density at radius 3 is 2.48 bits per heavy atom. The van der Waals surface area contributed by atoms with Gasteiger partial charge in [0, 0.05) is 26.2 Å². The normalized spacial score (nSPS) is 16.0. The number of amides is 1. The van der Waals surface area contributed by atoms with Crippen LogP contribution >= 0.6 is 0 Å². The van der Waals surface area contributed by atoms with Gasteiger partial charge >= 0.3 is 0 Å². The van der Waals surface area contributed by atoms with Crippen molar-refractivity contribution in [2.45, 2.75) is 33.0 Å². The molecule has 168 valence electrons. The third-order valence-corrected chi connectivity index (χ3v) is 6.55. The van der Waals surface area contributed by atoms with Gasteiger partial charge in [-0.05, 0) is 42.7 Å². The lowest BCUT2D eigenvalue weighted by Crippen LogP contribution is -2.47. The largest absolute Gasteiger partial charge is 0.379 e. The number of aryl methyl sites for hydroxylation is 1. The van der Waals surface area contributed by atoms with Crippen molar-refractivity contribution in [3.63, 3.8) is 0 Å². The predicted octanol–water partition coefficient (Wildman–Crippen LogP) is 2.30. The minimum absolute atomic E-state index is 0.339. The van der Waals surface area contributed by atoms with Crippen LogP contribution in [0.1, 0.15) is 23.6 Å². The third kappa shape index (κ3) is 6.53. The minimum Gasteiger partial charge on any atom is -0.379 e. The van der Waals surface area contributed by atoms with E-state index in [2.05, 4.69) is 22.3 Å². The number of hydrogen-bond donors (Lipinski definition) is 1. The van der Waals surface area contributed by atoms with Gasteiger partial charge in [-0.3, -0.25) is 14.0 Å². The Hall–Kier alpha value is -2.42. The number of carbonyl (C=O) groups excluding carboxylic acids is 1. The summed E-state index contributed by atoms with van der Waals surface area (Å²) in [5.41, 5.74) is 3.57. The lowest BCUT2D eigenvalue weighted by molar-refractivity contribution is -0.122. The number of nitrogens with one attached hydrogen (secondary N) is 1. The van der Waals surface area contributed by atoms with Crippen LogP contribution < -0.4 is 9.62 Å². The summed E-state index contributed by atoms with van der Waals surface area (Å²) in [6, 6.07) is 14.4. The van der Waals surface area contributed by atoms with E-state index in [4.69, 9.17) is 4.74 Å². The Morgan fingerprint density at radius 2 is 1.81 bits per heavy atom. The van der Waals surface area contributed by atoms with Gasteiger partial charge in [-0.1, -0.05) is 36.4 Å². The topological polar surface area (TPSA) is 79.0 Å². The molecule has 0 radical (unpaired) electrons. The predicted molar refractivity (Wildman–Crippen MR) is 122 cm³/mol. The van der Waals surface area contributed by atoms with E-state index in [1.54, 1.807) is 25.1 Å². The molecule has 1 N–H and O–H groups in total. The maximum Gasteiger partial charge on any atom is 0.243 e. The molecule has 1 aliphatic heterocycles. The van der Waals surface area contributed by atoms with Crippen LogP contribution in [-0.2, 0) is 32.6 Å². The maximum atomic E-state index is 12.8. The molecule has 3 rings (SSSR count). The molecule has 0 spiro atoms. The van der Waals surface area contributed by atoms with Gasteiger partial charge in [0.1, 0.15) is 6.04 Å². The second-order valence-electron chi connectivity index (χ2n) is 8.00. The zero-order valence-electron chi connectivity index (χ0n) is 18.4. The van der Waals surface area contributed by atoms with Gasteiger partial charge in [0.05, 0.1) is 25.2 Å². The molecule has 7 nitrogen and oxygen atoms in total. The van der Waals surface area contributed by atoms with Crippen LogP contribution in [0.2, 0.25) is 0 Å². The van der Waals surface area contributed by atoms with E-state index in [0.717, 1.165) is 50.2 Å². The van der Waals surface area contributed by atoms with E-state index >= 15 is 0 Å². The first-order valence-electron chi connectivity index (χ1n) is 10.5. The first-order chi connectivity index (χ1) is 14.7. The second-order valence-corrected chi connectivity index (χ2v) is 9.86. The Balaban J connectivity index is 1.65. The molecule has 2 aromatic rings. The minimum atomic E-state index is -3.63. The van der Waals surface area contributed by atoms with Gasteiger partial charge in [-0.25, -0.2) is 8.42 Å². The lowest BCUT2D eigenvalue weighted by Gasteiger charge is -2.28. The number of anilines is 1. The van der Waals surface area contributed by atoms with Crippen molar-refractivity contribution in [1.82, 2.24) is 10.2 Å². The first-order valence-corrected chi connectivity index (χ1v) is 12.3. The molecule has 0 saturated carbocycles. The van der Waals surface area contributed by atoms with Crippen molar-refractivity contribution in [3.8, 4) is 0 Å². The summed E-state index contributed by atoms with van der Waals surface area (Å²) in [6.45, 7) is 8.02. The fraction of sp³-hybridized carbons (Fsp3) is 0.435. The van der Waals surface area contributed by atoms with Crippen LogP contribution in [0.3, 0.4) is 0 Å². The molecule has 1 unspecified atom stereocenters. The molecule has 1 saturated heterocycles. The fourth-order valence-electron chi connectivity index (χ4n) is 3.77. The lowest BCUT2D eigenvalue weighted by atomic mass is 10.1. The summed E-state index contributed by atoms with van der Waals surface area (Å²) in [7, 11) is -3.63. The fourth-order valence-corrected chi connectivity index (χ4v) is 4.93. The van der Waals surface area contributed by atoms with Gasteiger partial charge < -0.3 is 10.1 Å². The molecule has 0 aliphatic carbocycles. The van der Waals surface area contributed by atoms with E-state index in [-0.39, 0.29) is 5.91 Å². The zero-order chi connectivity index (χ0) is 22.4. The van der Waals surface area contributed by atoms with Crippen LogP contribution in [0.15, 0.2) is 48.5 Å². The van der Waals surface area contributed by atoms with E-state index in [0.29, 0.717) is 12.2 Å². The summed E-state index contributed by atoms with van der Waals surface area (Å²) >= 11 is 0. The molecule has 31 heavy (non-hydrogen) atoms. The number of ether oxygens (including phenoxy) is 1. The molecular weight excluding hydrogens is 414 g/mol. The van der Waals surface area contributed by atoms with Crippen molar-refractivity contribution < 1.29 is 17.9 Å². The highest BCUT2D eigenvalue weighted by molar-refractivity contribution is 7.92. The Kier molecular flexibility index (Phi) is 7.69. The molecule has 0 aromatic heterocycles. The van der Waals surface area contributed by atoms with Gasteiger partial charge in [-0.15, -0.1) is 0 Å². The summed E-state index contributed by atoms with van der Waals surface area (Å²) in [5.74, 6) is -0.342. The van der Waals surface area contributed by atoms with E-state index in [9.17, 15) is 13.2 Å². The number of sulfonamides is 1. The second kappa shape index (κ2) is 10.3. The average molecular weight is 446 g/mol. The van der Waals surface area contributed by atoms with Crippen LogP contribution in [0.25, 0.3) is 0 Å². The maximum absolute atomic E-state index is 12.8. The van der Waals surface area contributed by atoms with Gasteiger partial charge in [0.2, 0.25) is 15.9 Å². The molecule has 1 aliphatic rings. The smallest absolute Gasteiger partial charge is 0.243 e. The van der Waals surface area contributed by atoms with Crippen molar-refractivity contribution >= 4 is 21.6 Å². The SMILES string of the molecule is Cc1cccc(N(C(C)C(=O)NCc2cccc(CN3CCOCC3)c2)S(C)(=O)=O)c1. The van der Waals surface area contributed by atoms with Crippen LogP contribution in [0.5, 0.6) is 0 Å². The highest BCUT2D eigenvalue weighted by Gasteiger charge is 2.29. The Bertz CT molecular complexity index is 1000. The van der Waals surface area contributed by atoms with Crippen molar-refractivity contribution in [1.29, 1.82) is 0 Å². The Morgan fingerprint density at radius 1 is 1.13 bits per heavy atom. The molecule has 1 atom stereocenters. The molecule has 0 bridgehead atoms. The van der Waals surface area contributed by atoms with E-state index in [1.807, 2.05) is 25.1 Å². The van der Waals surface area contributed by atoms with Crippen molar-refractivity contribution in [3.05, 3.63) is 65.2 Å². The highest BCUT2D eigenvalue weighted by atomic mass is 32.2. The van der Waals surface area contributed by atoms with E-state index in [1.165, 1.54) is 9.87 Å². The first kappa shape index (κ1) is 23.2. The summed E-state index contributed by atoms with van der Waals surface area (Å²) in [6.07, 6.45) is 1.12. The number of morpholine rings is 1.